The summed E-state index contributed by atoms with van der Waals surface area (Å²) >= 11 is 0. The lowest BCUT2D eigenvalue weighted by atomic mass is 9.55. The number of amides is 2. The van der Waals surface area contributed by atoms with Gasteiger partial charge in [-0.1, -0.05) is 72.8 Å². The number of hydrogen-bond donors (Lipinski definition) is 2. The molecule has 4 fully saturated rings. The molecule has 7 nitrogen and oxygen atoms in total. The van der Waals surface area contributed by atoms with Crippen LogP contribution in [0.2, 0.25) is 0 Å². The van der Waals surface area contributed by atoms with Gasteiger partial charge in [-0.05, 0) is 91.0 Å². The van der Waals surface area contributed by atoms with Gasteiger partial charge in [-0.15, -0.1) is 0 Å². The van der Waals surface area contributed by atoms with Crippen LogP contribution in [0.5, 0.6) is 0 Å². The third-order valence-corrected chi connectivity index (χ3v) is 9.78. The average Bonchev–Trinajstić information content (AvgIpc) is 2.97. The van der Waals surface area contributed by atoms with Gasteiger partial charge in [-0.25, -0.2) is 4.79 Å². The molecule has 2 N–H and O–H groups in total. The van der Waals surface area contributed by atoms with Gasteiger partial charge in [0.1, 0.15) is 18.2 Å². The standard InChI is InChI=1S/C35H40N2O5/c1-35(21-27-12-7-11-26-10-5-6-13-30(26)27,33(40)37(22-31(38)39)15-14-23-8-3-2-4-9-23)36-34(41)42-32-28-17-24-16-25(19-28)20-29(32)18-24/h2-13,24-25,28-29,32H,14-22H2,1H3,(H,36,41)(H,38,39). The van der Waals surface area contributed by atoms with Crippen LogP contribution in [0.4, 0.5) is 4.79 Å². The maximum atomic E-state index is 14.3. The largest absolute Gasteiger partial charge is 0.480 e. The fourth-order valence-electron chi connectivity index (χ4n) is 8.12. The number of rotatable bonds is 10. The Kier molecular flexibility index (Phi) is 7.93. The van der Waals surface area contributed by atoms with Gasteiger partial charge in [0.05, 0.1) is 0 Å². The zero-order chi connectivity index (χ0) is 29.3. The number of hydrogen-bond acceptors (Lipinski definition) is 4. The molecule has 4 saturated carbocycles. The number of alkyl carbamates (subject to hydrolysis) is 1. The van der Waals surface area contributed by atoms with Crippen molar-refractivity contribution >= 4 is 28.7 Å². The zero-order valence-electron chi connectivity index (χ0n) is 24.2. The van der Waals surface area contributed by atoms with Crippen molar-refractivity contribution in [1.82, 2.24) is 10.2 Å². The summed E-state index contributed by atoms with van der Waals surface area (Å²) in [6.45, 7) is 1.46. The van der Waals surface area contributed by atoms with Crippen molar-refractivity contribution in [1.29, 1.82) is 0 Å². The lowest BCUT2D eigenvalue weighted by Gasteiger charge is -2.53. The van der Waals surface area contributed by atoms with Crippen molar-refractivity contribution < 1.29 is 24.2 Å². The van der Waals surface area contributed by atoms with Crippen molar-refractivity contribution in [2.45, 2.75) is 63.5 Å². The van der Waals surface area contributed by atoms with E-state index in [4.69, 9.17) is 4.74 Å². The van der Waals surface area contributed by atoms with Crippen molar-refractivity contribution in [3.63, 3.8) is 0 Å². The van der Waals surface area contributed by atoms with E-state index in [2.05, 4.69) is 5.32 Å². The number of carbonyl (C=O) groups excluding carboxylic acids is 2. The first-order valence-corrected chi connectivity index (χ1v) is 15.3. The zero-order valence-corrected chi connectivity index (χ0v) is 24.2. The van der Waals surface area contributed by atoms with Gasteiger partial charge < -0.3 is 20.1 Å². The van der Waals surface area contributed by atoms with Crippen molar-refractivity contribution in [3.8, 4) is 0 Å². The monoisotopic (exact) mass is 568 g/mol. The fourth-order valence-corrected chi connectivity index (χ4v) is 8.12. The summed E-state index contributed by atoms with van der Waals surface area (Å²) in [6, 6.07) is 23.5. The Balaban J connectivity index is 1.27. The molecular formula is C35H40N2O5. The van der Waals surface area contributed by atoms with Crippen LogP contribution >= 0.6 is 0 Å². The number of benzene rings is 3. The minimum absolute atomic E-state index is 0.122. The lowest BCUT2D eigenvalue weighted by Crippen LogP contribution is -2.61. The van der Waals surface area contributed by atoms with E-state index in [0.717, 1.165) is 59.4 Å². The normalized spacial score (nSPS) is 25.5. The SMILES string of the molecule is CC(Cc1cccc2ccccc12)(NC(=O)OC1C2CC3CC(C2)CC1C3)C(=O)N(CCc1ccccc1)CC(=O)O. The van der Waals surface area contributed by atoms with Crippen LogP contribution in [-0.4, -0.2) is 52.7 Å². The molecule has 4 aliphatic carbocycles. The van der Waals surface area contributed by atoms with E-state index in [0.29, 0.717) is 18.3 Å². The lowest BCUT2D eigenvalue weighted by molar-refractivity contribution is -0.147. The molecule has 0 heterocycles. The molecule has 0 aliphatic heterocycles. The Labute approximate surface area is 247 Å². The average molecular weight is 569 g/mol. The molecule has 4 bridgehead atoms. The van der Waals surface area contributed by atoms with E-state index in [1.165, 1.54) is 11.3 Å². The third kappa shape index (κ3) is 6.01. The Bertz CT molecular complexity index is 1420. The molecule has 3 aromatic rings. The van der Waals surface area contributed by atoms with Crippen LogP contribution in [0, 0.1) is 23.7 Å². The highest BCUT2D eigenvalue weighted by molar-refractivity contribution is 5.93. The molecule has 1 unspecified atom stereocenters. The molecule has 1 atom stereocenters. The minimum Gasteiger partial charge on any atom is -0.480 e. The van der Waals surface area contributed by atoms with Crippen LogP contribution in [0.25, 0.3) is 10.8 Å². The van der Waals surface area contributed by atoms with Gasteiger partial charge in [0.25, 0.3) is 0 Å². The number of carbonyl (C=O) groups is 3. The van der Waals surface area contributed by atoms with Crippen LogP contribution in [0.1, 0.15) is 50.2 Å². The highest BCUT2D eigenvalue weighted by Crippen LogP contribution is 2.54. The second-order valence-corrected chi connectivity index (χ2v) is 12.9. The highest BCUT2D eigenvalue weighted by Gasteiger charge is 2.50. The minimum atomic E-state index is -1.42. The molecule has 2 amide bonds. The maximum absolute atomic E-state index is 14.3. The predicted octanol–water partition coefficient (Wildman–Crippen LogP) is 5.85. The number of carboxylic acids is 1. The molecule has 0 spiro atoms. The Morgan fingerprint density at radius 1 is 0.881 bits per heavy atom. The number of nitrogens with zero attached hydrogens (tertiary/aromatic N) is 1. The van der Waals surface area contributed by atoms with E-state index >= 15 is 0 Å². The summed E-state index contributed by atoms with van der Waals surface area (Å²) in [5.74, 6) is 0.754. The molecule has 0 saturated heterocycles. The van der Waals surface area contributed by atoms with Crippen molar-refractivity contribution in [3.05, 3.63) is 83.9 Å². The molecule has 42 heavy (non-hydrogen) atoms. The third-order valence-electron chi connectivity index (χ3n) is 9.78. The molecule has 7 heteroatoms. The molecule has 4 aliphatic rings. The number of ether oxygens (including phenoxy) is 1. The van der Waals surface area contributed by atoms with E-state index in [-0.39, 0.29) is 19.1 Å². The molecule has 0 radical (unpaired) electrons. The van der Waals surface area contributed by atoms with E-state index in [1.54, 1.807) is 6.92 Å². The Morgan fingerprint density at radius 2 is 1.52 bits per heavy atom. The van der Waals surface area contributed by atoms with E-state index in [1.807, 2.05) is 72.8 Å². The second kappa shape index (κ2) is 11.8. The second-order valence-electron chi connectivity index (χ2n) is 12.9. The summed E-state index contributed by atoms with van der Waals surface area (Å²) in [4.78, 5) is 41.2. The first-order chi connectivity index (χ1) is 20.3. The first-order valence-electron chi connectivity index (χ1n) is 15.3. The Hall–Kier alpha value is -3.87. The predicted molar refractivity (Wildman–Crippen MR) is 161 cm³/mol. The van der Waals surface area contributed by atoms with Crippen LogP contribution in [0.15, 0.2) is 72.8 Å². The molecule has 3 aromatic carbocycles. The number of aliphatic carboxylic acids is 1. The summed E-state index contributed by atoms with van der Waals surface area (Å²) in [7, 11) is 0. The van der Waals surface area contributed by atoms with Gasteiger partial charge in [-0.2, -0.15) is 0 Å². The topological polar surface area (TPSA) is 95.9 Å². The smallest absolute Gasteiger partial charge is 0.408 e. The summed E-state index contributed by atoms with van der Waals surface area (Å²) in [5, 5.41) is 14.7. The summed E-state index contributed by atoms with van der Waals surface area (Å²) in [5.41, 5.74) is 0.488. The molecular weight excluding hydrogens is 528 g/mol. The van der Waals surface area contributed by atoms with Gasteiger partial charge in [0.15, 0.2) is 0 Å². The van der Waals surface area contributed by atoms with Gasteiger partial charge in [0.2, 0.25) is 5.91 Å². The number of carboxylic acid groups (broad SMARTS) is 1. The highest BCUT2D eigenvalue weighted by atomic mass is 16.6. The van der Waals surface area contributed by atoms with E-state index in [9.17, 15) is 19.5 Å². The van der Waals surface area contributed by atoms with Gasteiger partial charge in [0, 0.05) is 13.0 Å². The fraction of sp³-hybridized carbons (Fsp3) is 0.457. The van der Waals surface area contributed by atoms with Crippen LogP contribution < -0.4 is 5.32 Å². The summed E-state index contributed by atoms with van der Waals surface area (Å²) in [6.07, 6.45) is 5.75. The quantitative estimate of drug-likeness (QED) is 0.320. The maximum Gasteiger partial charge on any atom is 0.408 e. The number of nitrogens with one attached hydrogen (secondary N) is 1. The summed E-state index contributed by atoms with van der Waals surface area (Å²) < 4.78 is 6.15. The van der Waals surface area contributed by atoms with Crippen molar-refractivity contribution in [2.24, 2.45) is 23.7 Å². The van der Waals surface area contributed by atoms with Gasteiger partial charge >= 0.3 is 12.1 Å². The van der Waals surface area contributed by atoms with Crippen molar-refractivity contribution in [2.75, 3.05) is 13.1 Å². The van der Waals surface area contributed by atoms with Crippen LogP contribution in [0.3, 0.4) is 0 Å². The van der Waals surface area contributed by atoms with Gasteiger partial charge in [-0.3, -0.25) is 9.59 Å². The first kappa shape index (κ1) is 28.3. The molecule has 0 aromatic heterocycles. The van der Waals surface area contributed by atoms with E-state index < -0.39 is 30.1 Å². The molecule has 7 rings (SSSR count). The van der Waals surface area contributed by atoms with Crippen LogP contribution in [-0.2, 0) is 27.2 Å². The number of fused-ring (bicyclic) bond motifs is 1. The molecule has 220 valence electrons. The Morgan fingerprint density at radius 3 is 2.21 bits per heavy atom.